The molecule has 0 spiro atoms. The van der Waals surface area contributed by atoms with Crippen LogP contribution >= 0.6 is 0 Å². The quantitative estimate of drug-likeness (QED) is 0.376. The van der Waals surface area contributed by atoms with Crippen LogP contribution in [-0.4, -0.2) is 35.4 Å². The van der Waals surface area contributed by atoms with E-state index in [0.29, 0.717) is 25.0 Å². The highest BCUT2D eigenvalue weighted by Gasteiger charge is 2.13. The molecule has 7 heteroatoms. The number of nitrogens with one attached hydrogen (secondary N) is 2. The predicted octanol–water partition coefficient (Wildman–Crippen LogP) is 4.15. The Kier molecular flexibility index (Phi) is 9.67. The standard InChI is InChI=1S/C23H36N4O3/c1-6-17(7-2)21-13-20(30-27-21)14-25-23(24-8-3)26-15-22(28)18-10-9-11-19(12-18)29-16(4)5/h9-13,16-17,22,28H,6-8,14-15H2,1-5H3,(H2,24,25,26). The summed E-state index contributed by atoms with van der Waals surface area (Å²) >= 11 is 0. The molecule has 0 saturated carbocycles. The summed E-state index contributed by atoms with van der Waals surface area (Å²) in [7, 11) is 0. The lowest BCUT2D eigenvalue weighted by molar-refractivity contribution is 0.179. The molecule has 2 aromatic rings. The second kappa shape index (κ2) is 12.2. The van der Waals surface area contributed by atoms with Gasteiger partial charge in [0.15, 0.2) is 11.7 Å². The Labute approximate surface area is 179 Å². The predicted molar refractivity (Wildman–Crippen MR) is 120 cm³/mol. The Morgan fingerprint density at radius 2 is 1.93 bits per heavy atom. The van der Waals surface area contributed by atoms with Crippen LogP contribution in [0.15, 0.2) is 39.8 Å². The van der Waals surface area contributed by atoms with Gasteiger partial charge in [0.05, 0.1) is 17.9 Å². The molecule has 0 aliphatic heterocycles. The number of ether oxygens (including phenoxy) is 1. The molecular formula is C23H36N4O3. The van der Waals surface area contributed by atoms with Gasteiger partial charge in [0.2, 0.25) is 0 Å². The molecule has 0 aliphatic rings. The lowest BCUT2D eigenvalue weighted by Gasteiger charge is -2.17. The van der Waals surface area contributed by atoms with Crippen LogP contribution in [0.3, 0.4) is 0 Å². The number of guanidine groups is 1. The first kappa shape index (κ1) is 23.7. The van der Waals surface area contributed by atoms with Crippen molar-refractivity contribution in [3.8, 4) is 5.75 Å². The van der Waals surface area contributed by atoms with Gasteiger partial charge in [-0.2, -0.15) is 0 Å². The molecule has 0 radical (unpaired) electrons. The lowest BCUT2D eigenvalue weighted by atomic mass is 9.99. The van der Waals surface area contributed by atoms with Crippen molar-refractivity contribution in [2.45, 2.75) is 72.1 Å². The monoisotopic (exact) mass is 416 g/mol. The molecule has 2 rings (SSSR count). The zero-order valence-corrected chi connectivity index (χ0v) is 18.8. The molecule has 7 nitrogen and oxygen atoms in total. The molecular weight excluding hydrogens is 380 g/mol. The van der Waals surface area contributed by atoms with Crippen LogP contribution in [0.4, 0.5) is 0 Å². The van der Waals surface area contributed by atoms with Crippen LogP contribution in [-0.2, 0) is 6.54 Å². The van der Waals surface area contributed by atoms with E-state index in [4.69, 9.17) is 9.26 Å². The fourth-order valence-corrected chi connectivity index (χ4v) is 3.18. The number of benzene rings is 1. The minimum atomic E-state index is -0.684. The van der Waals surface area contributed by atoms with E-state index in [1.165, 1.54) is 0 Å². The van der Waals surface area contributed by atoms with E-state index in [-0.39, 0.29) is 6.10 Å². The van der Waals surface area contributed by atoms with Gasteiger partial charge in [-0.05, 0) is 51.3 Å². The number of nitrogens with zero attached hydrogens (tertiary/aromatic N) is 2. The molecule has 0 aliphatic carbocycles. The summed E-state index contributed by atoms with van der Waals surface area (Å²) < 4.78 is 11.1. The first-order chi connectivity index (χ1) is 14.5. The SMILES string of the molecule is CCNC(=NCc1cc(C(CC)CC)no1)NCC(O)c1cccc(OC(C)C)c1. The topological polar surface area (TPSA) is 91.9 Å². The zero-order chi connectivity index (χ0) is 21.9. The molecule has 0 bridgehead atoms. The molecule has 30 heavy (non-hydrogen) atoms. The number of hydrogen-bond acceptors (Lipinski definition) is 5. The van der Waals surface area contributed by atoms with Gasteiger partial charge in [-0.3, -0.25) is 0 Å². The number of aromatic nitrogens is 1. The summed E-state index contributed by atoms with van der Waals surface area (Å²) in [6, 6.07) is 9.51. The lowest BCUT2D eigenvalue weighted by Crippen LogP contribution is -2.39. The normalized spacial score (nSPS) is 13.0. The third-order valence-corrected chi connectivity index (χ3v) is 4.80. The van der Waals surface area contributed by atoms with Crippen molar-refractivity contribution in [2.24, 2.45) is 4.99 Å². The van der Waals surface area contributed by atoms with E-state index in [0.717, 1.165) is 42.2 Å². The maximum absolute atomic E-state index is 10.6. The fraction of sp³-hybridized carbons (Fsp3) is 0.565. The summed E-state index contributed by atoms with van der Waals surface area (Å²) in [6.07, 6.45) is 1.48. The second-order valence-electron chi connectivity index (χ2n) is 7.56. The average molecular weight is 417 g/mol. The molecule has 1 atom stereocenters. The average Bonchev–Trinajstić information content (AvgIpc) is 3.19. The molecule has 0 fully saturated rings. The van der Waals surface area contributed by atoms with Crippen LogP contribution in [0.1, 0.15) is 76.5 Å². The maximum Gasteiger partial charge on any atom is 0.191 e. The Balaban J connectivity index is 1.96. The Morgan fingerprint density at radius 1 is 1.17 bits per heavy atom. The first-order valence-electron chi connectivity index (χ1n) is 10.9. The second-order valence-corrected chi connectivity index (χ2v) is 7.56. The molecule has 1 aromatic heterocycles. The smallest absolute Gasteiger partial charge is 0.191 e. The summed E-state index contributed by atoms with van der Waals surface area (Å²) in [5, 5.41) is 21.1. The van der Waals surface area contributed by atoms with Gasteiger partial charge in [-0.25, -0.2) is 4.99 Å². The third kappa shape index (κ3) is 7.37. The van der Waals surface area contributed by atoms with Gasteiger partial charge in [-0.1, -0.05) is 31.1 Å². The van der Waals surface area contributed by atoms with Gasteiger partial charge < -0.3 is 25.0 Å². The minimum absolute atomic E-state index is 0.0875. The van der Waals surface area contributed by atoms with Crippen LogP contribution in [0.25, 0.3) is 0 Å². The molecule has 1 heterocycles. The van der Waals surface area contributed by atoms with Gasteiger partial charge in [0.1, 0.15) is 12.3 Å². The number of aliphatic hydroxyl groups is 1. The molecule has 3 N–H and O–H groups in total. The highest BCUT2D eigenvalue weighted by atomic mass is 16.5. The highest BCUT2D eigenvalue weighted by Crippen LogP contribution is 2.23. The minimum Gasteiger partial charge on any atom is -0.491 e. The van der Waals surface area contributed by atoms with Crippen molar-refractivity contribution < 1.29 is 14.4 Å². The van der Waals surface area contributed by atoms with E-state index in [1.807, 2.05) is 51.1 Å². The van der Waals surface area contributed by atoms with Crippen molar-refractivity contribution >= 4 is 5.96 Å². The molecule has 1 unspecified atom stereocenters. The van der Waals surface area contributed by atoms with Gasteiger partial charge in [0, 0.05) is 25.1 Å². The van der Waals surface area contributed by atoms with Crippen molar-refractivity contribution in [2.75, 3.05) is 13.1 Å². The number of aliphatic hydroxyl groups excluding tert-OH is 1. The van der Waals surface area contributed by atoms with Gasteiger partial charge in [0.25, 0.3) is 0 Å². The van der Waals surface area contributed by atoms with Crippen molar-refractivity contribution in [3.05, 3.63) is 47.3 Å². The zero-order valence-electron chi connectivity index (χ0n) is 18.8. The Hall–Kier alpha value is -2.54. The van der Waals surface area contributed by atoms with Crippen molar-refractivity contribution in [1.82, 2.24) is 15.8 Å². The summed E-state index contributed by atoms with van der Waals surface area (Å²) in [6.45, 7) is 11.7. The highest BCUT2D eigenvalue weighted by molar-refractivity contribution is 5.79. The summed E-state index contributed by atoms with van der Waals surface area (Å²) in [5.41, 5.74) is 1.78. The van der Waals surface area contributed by atoms with Gasteiger partial charge in [-0.15, -0.1) is 0 Å². The van der Waals surface area contributed by atoms with Gasteiger partial charge >= 0.3 is 0 Å². The van der Waals surface area contributed by atoms with Crippen LogP contribution in [0.2, 0.25) is 0 Å². The Bertz CT molecular complexity index is 784. The Morgan fingerprint density at radius 3 is 2.60 bits per heavy atom. The fourth-order valence-electron chi connectivity index (χ4n) is 3.18. The third-order valence-electron chi connectivity index (χ3n) is 4.80. The van der Waals surface area contributed by atoms with Crippen LogP contribution in [0.5, 0.6) is 5.75 Å². The molecule has 1 aromatic carbocycles. The van der Waals surface area contributed by atoms with Crippen LogP contribution < -0.4 is 15.4 Å². The number of aliphatic imine (C=N–C) groups is 1. The van der Waals surface area contributed by atoms with Crippen molar-refractivity contribution in [3.63, 3.8) is 0 Å². The molecule has 0 amide bonds. The van der Waals surface area contributed by atoms with E-state index in [2.05, 4.69) is 34.6 Å². The summed E-state index contributed by atoms with van der Waals surface area (Å²) in [4.78, 5) is 4.56. The van der Waals surface area contributed by atoms with Crippen LogP contribution in [0, 0.1) is 0 Å². The van der Waals surface area contributed by atoms with E-state index in [1.54, 1.807) is 0 Å². The van der Waals surface area contributed by atoms with E-state index in [9.17, 15) is 5.11 Å². The van der Waals surface area contributed by atoms with E-state index < -0.39 is 6.10 Å². The summed E-state index contributed by atoms with van der Waals surface area (Å²) in [5.74, 6) is 2.52. The molecule has 166 valence electrons. The number of hydrogen-bond donors (Lipinski definition) is 3. The van der Waals surface area contributed by atoms with Crippen molar-refractivity contribution in [1.29, 1.82) is 0 Å². The first-order valence-corrected chi connectivity index (χ1v) is 10.9. The molecule has 0 saturated heterocycles. The van der Waals surface area contributed by atoms with E-state index >= 15 is 0 Å². The maximum atomic E-state index is 10.6. The number of rotatable bonds is 11. The largest absolute Gasteiger partial charge is 0.491 e.